The summed E-state index contributed by atoms with van der Waals surface area (Å²) in [5.41, 5.74) is 2.38. The van der Waals surface area contributed by atoms with E-state index in [9.17, 15) is 8.42 Å². The highest BCUT2D eigenvalue weighted by Crippen LogP contribution is 2.10. The molecule has 0 amide bonds. The number of hydrogen-bond donors (Lipinski definition) is 2. The largest absolute Gasteiger partial charge is 0.315 e. The third kappa shape index (κ3) is 4.30. The van der Waals surface area contributed by atoms with Crippen LogP contribution in [0, 0.1) is 6.92 Å². The number of sulfonamides is 1. The molecule has 1 aliphatic heterocycles. The second-order valence-corrected chi connectivity index (χ2v) is 7.19. The average Bonchev–Trinajstić information content (AvgIpc) is 2.40. The van der Waals surface area contributed by atoms with Crippen molar-refractivity contribution in [2.75, 3.05) is 19.6 Å². The SMILES string of the molecule is Cc1cccc(CCNS(=O)(=O)C2CCCNC2)c1. The molecule has 1 heterocycles. The fraction of sp³-hybridized carbons (Fsp3) is 0.571. The minimum absolute atomic E-state index is 0.279. The van der Waals surface area contributed by atoms with E-state index in [1.165, 1.54) is 11.1 Å². The molecule has 1 atom stereocenters. The summed E-state index contributed by atoms with van der Waals surface area (Å²) >= 11 is 0. The maximum atomic E-state index is 12.1. The lowest BCUT2D eigenvalue weighted by Gasteiger charge is -2.23. The minimum Gasteiger partial charge on any atom is -0.315 e. The van der Waals surface area contributed by atoms with Crippen molar-refractivity contribution in [2.24, 2.45) is 0 Å². The molecule has 0 radical (unpaired) electrons. The van der Waals surface area contributed by atoms with Crippen LogP contribution in [-0.4, -0.2) is 33.3 Å². The number of rotatable bonds is 5. The van der Waals surface area contributed by atoms with Gasteiger partial charge in [-0.3, -0.25) is 0 Å². The van der Waals surface area contributed by atoms with Gasteiger partial charge in [-0.25, -0.2) is 13.1 Å². The molecule has 0 saturated carbocycles. The fourth-order valence-corrected chi connectivity index (χ4v) is 3.84. The number of piperidine rings is 1. The van der Waals surface area contributed by atoms with E-state index in [4.69, 9.17) is 0 Å². The number of aryl methyl sites for hydroxylation is 1. The maximum Gasteiger partial charge on any atom is 0.215 e. The van der Waals surface area contributed by atoms with Crippen LogP contribution in [0.3, 0.4) is 0 Å². The predicted octanol–water partition coefficient (Wildman–Crippen LogP) is 1.21. The molecule has 0 aliphatic carbocycles. The second-order valence-electron chi connectivity index (χ2n) is 5.15. The summed E-state index contributed by atoms with van der Waals surface area (Å²) in [5, 5.41) is 2.86. The van der Waals surface area contributed by atoms with E-state index in [2.05, 4.69) is 16.1 Å². The first-order valence-electron chi connectivity index (χ1n) is 6.83. The van der Waals surface area contributed by atoms with Gasteiger partial charge in [-0.2, -0.15) is 0 Å². The molecular weight excluding hydrogens is 260 g/mol. The molecule has 1 aromatic rings. The normalized spacial score (nSPS) is 20.4. The first-order valence-corrected chi connectivity index (χ1v) is 8.37. The van der Waals surface area contributed by atoms with E-state index >= 15 is 0 Å². The van der Waals surface area contributed by atoms with Gasteiger partial charge in [-0.15, -0.1) is 0 Å². The van der Waals surface area contributed by atoms with Crippen molar-refractivity contribution in [3.8, 4) is 0 Å². The molecule has 0 spiro atoms. The van der Waals surface area contributed by atoms with E-state index < -0.39 is 10.0 Å². The molecule has 1 saturated heterocycles. The molecule has 1 aliphatic rings. The average molecular weight is 282 g/mol. The second kappa shape index (κ2) is 6.50. The molecule has 4 nitrogen and oxygen atoms in total. The molecule has 0 aromatic heterocycles. The monoisotopic (exact) mass is 282 g/mol. The molecule has 1 aromatic carbocycles. The lowest BCUT2D eigenvalue weighted by atomic mass is 10.1. The van der Waals surface area contributed by atoms with Crippen LogP contribution in [0.2, 0.25) is 0 Å². The quantitative estimate of drug-likeness (QED) is 0.853. The Morgan fingerprint density at radius 1 is 1.42 bits per heavy atom. The van der Waals surface area contributed by atoms with Gasteiger partial charge >= 0.3 is 0 Å². The molecule has 2 N–H and O–H groups in total. The van der Waals surface area contributed by atoms with Crippen molar-refractivity contribution in [3.05, 3.63) is 35.4 Å². The highest BCUT2D eigenvalue weighted by molar-refractivity contribution is 7.90. The smallest absolute Gasteiger partial charge is 0.215 e. The Kier molecular flexibility index (Phi) is 4.96. The first kappa shape index (κ1) is 14.5. The van der Waals surface area contributed by atoms with Gasteiger partial charge in [0.05, 0.1) is 5.25 Å². The van der Waals surface area contributed by atoms with Crippen LogP contribution in [-0.2, 0) is 16.4 Å². The molecular formula is C14H22N2O2S. The van der Waals surface area contributed by atoms with E-state index in [0.29, 0.717) is 13.1 Å². The fourth-order valence-electron chi connectivity index (χ4n) is 2.41. The van der Waals surface area contributed by atoms with Gasteiger partial charge in [-0.1, -0.05) is 29.8 Å². The van der Waals surface area contributed by atoms with Crippen LogP contribution in [0.5, 0.6) is 0 Å². The van der Waals surface area contributed by atoms with Gasteiger partial charge in [0.1, 0.15) is 0 Å². The van der Waals surface area contributed by atoms with Crippen LogP contribution in [0.15, 0.2) is 24.3 Å². The summed E-state index contributed by atoms with van der Waals surface area (Å²) < 4.78 is 26.9. The van der Waals surface area contributed by atoms with Crippen molar-refractivity contribution in [1.29, 1.82) is 0 Å². The van der Waals surface area contributed by atoms with Gasteiger partial charge < -0.3 is 5.32 Å². The zero-order valence-corrected chi connectivity index (χ0v) is 12.2. The van der Waals surface area contributed by atoms with E-state index in [1.54, 1.807) is 0 Å². The third-order valence-corrected chi connectivity index (χ3v) is 5.38. The summed E-state index contributed by atoms with van der Waals surface area (Å²) in [6, 6.07) is 8.17. The molecule has 106 valence electrons. The van der Waals surface area contributed by atoms with Crippen LogP contribution in [0.1, 0.15) is 24.0 Å². The zero-order valence-electron chi connectivity index (χ0n) is 11.4. The van der Waals surface area contributed by atoms with Gasteiger partial charge in [0.2, 0.25) is 10.0 Å². The van der Waals surface area contributed by atoms with Gasteiger partial charge in [0.15, 0.2) is 0 Å². The number of hydrogen-bond acceptors (Lipinski definition) is 3. The Bertz CT molecular complexity index is 508. The molecule has 5 heteroatoms. The predicted molar refractivity (Wildman–Crippen MR) is 77.7 cm³/mol. The van der Waals surface area contributed by atoms with Crippen LogP contribution in [0.4, 0.5) is 0 Å². The van der Waals surface area contributed by atoms with Crippen molar-refractivity contribution in [3.63, 3.8) is 0 Å². The maximum absolute atomic E-state index is 12.1. The van der Waals surface area contributed by atoms with Crippen LogP contribution in [0.25, 0.3) is 0 Å². The van der Waals surface area contributed by atoms with E-state index in [0.717, 1.165) is 25.8 Å². The highest BCUT2D eigenvalue weighted by atomic mass is 32.2. The molecule has 2 rings (SSSR count). The lowest BCUT2D eigenvalue weighted by molar-refractivity contribution is 0.490. The standard InChI is InChI=1S/C14H22N2O2S/c1-12-4-2-5-13(10-12)7-9-16-19(17,18)14-6-3-8-15-11-14/h2,4-5,10,14-16H,3,6-9,11H2,1H3. The minimum atomic E-state index is -3.18. The van der Waals surface area contributed by atoms with Crippen molar-refractivity contribution < 1.29 is 8.42 Å². The zero-order chi connectivity index (χ0) is 13.7. The highest BCUT2D eigenvalue weighted by Gasteiger charge is 2.26. The van der Waals surface area contributed by atoms with Gasteiger partial charge in [-0.05, 0) is 38.3 Å². The Morgan fingerprint density at radius 2 is 2.26 bits per heavy atom. The summed E-state index contributed by atoms with van der Waals surface area (Å²) in [5.74, 6) is 0. The Labute approximate surface area is 115 Å². The summed E-state index contributed by atoms with van der Waals surface area (Å²) in [4.78, 5) is 0. The van der Waals surface area contributed by atoms with Crippen molar-refractivity contribution in [2.45, 2.75) is 31.4 Å². The Hall–Kier alpha value is -0.910. The molecule has 1 unspecified atom stereocenters. The summed E-state index contributed by atoms with van der Waals surface area (Å²) in [6.07, 6.45) is 2.43. The Balaban J connectivity index is 1.84. The van der Waals surface area contributed by atoms with Crippen LogP contribution >= 0.6 is 0 Å². The van der Waals surface area contributed by atoms with E-state index in [-0.39, 0.29) is 5.25 Å². The summed E-state index contributed by atoms with van der Waals surface area (Å²) in [7, 11) is -3.18. The number of benzene rings is 1. The first-order chi connectivity index (χ1) is 9.08. The Morgan fingerprint density at radius 3 is 2.95 bits per heavy atom. The van der Waals surface area contributed by atoms with Gasteiger partial charge in [0, 0.05) is 13.1 Å². The topological polar surface area (TPSA) is 58.2 Å². The molecule has 1 fully saturated rings. The summed E-state index contributed by atoms with van der Waals surface area (Å²) in [6.45, 7) is 4.01. The third-order valence-electron chi connectivity index (χ3n) is 3.49. The van der Waals surface area contributed by atoms with Gasteiger partial charge in [0.25, 0.3) is 0 Å². The van der Waals surface area contributed by atoms with Crippen molar-refractivity contribution >= 4 is 10.0 Å². The number of nitrogens with one attached hydrogen (secondary N) is 2. The van der Waals surface area contributed by atoms with E-state index in [1.807, 2.05) is 25.1 Å². The van der Waals surface area contributed by atoms with Crippen molar-refractivity contribution in [1.82, 2.24) is 10.0 Å². The van der Waals surface area contributed by atoms with Crippen LogP contribution < -0.4 is 10.0 Å². The molecule has 19 heavy (non-hydrogen) atoms. The lowest BCUT2D eigenvalue weighted by Crippen LogP contribution is -2.44. The molecule has 0 bridgehead atoms.